The van der Waals surface area contributed by atoms with E-state index in [1.165, 1.54) is 0 Å². The Morgan fingerprint density at radius 1 is 1.36 bits per heavy atom. The Balaban J connectivity index is 1.99. The highest BCUT2D eigenvalue weighted by Gasteiger charge is 2.26. The van der Waals surface area contributed by atoms with Crippen LogP contribution in [-0.4, -0.2) is 34.8 Å². The molecule has 6 nitrogen and oxygen atoms in total. The Morgan fingerprint density at radius 2 is 2.18 bits per heavy atom. The molecule has 1 atom stereocenters. The maximum absolute atomic E-state index is 11.2. The molecular weight excluding hydrogens is 284 g/mol. The molecule has 0 spiro atoms. The van der Waals surface area contributed by atoms with Crippen molar-refractivity contribution >= 4 is 5.97 Å². The number of aromatic nitrogens is 2. The van der Waals surface area contributed by atoms with Gasteiger partial charge in [-0.1, -0.05) is 0 Å². The first-order chi connectivity index (χ1) is 10.6. The number of imidazole rings is 1. The monoisotopic (exact) mass is 302 g/mol. The van der Waals surface area contributed by atoms with Crippen LogP contribution in [0.5, 0.6) is 11.5 Å². The van der Waals surface area contributed by atoms with Gasteiger partial charge in [0.05, 0.1) is 25.8 Å². The zero-order valence-electron chi connectivity index (χ0n) is 12.6. The van der Waals surface area contributed by atoms with Gasteiger partial charge in [0.25, 0.3) is 0 Å². The van der Waals surface area contributed by atoms with Gasteiger partial charge in [-0.2, -0.15) is 0 Å². The molecular formula is C16H18N2O4. The molecule has 3 rings (SSSR count). The van der Waals surface area contributed by atoms with E-state index in [2.05, 4.69) is 4.98 Å². The van der Waals surface area contributed by atoms with Crippen LogP contribution >= 0.6 is 0 Å². The molecule has 0 amide bonds. The summed E-state index contributed by atoms with van der Waals surface area (Å²) in [5, 5.41) is 9.17. The summed E-state index contributed by atoms with van der Waals surface area (Å²) in [5.74, 6) is 1.26. The first-order valence-corrected chi connectivity index (χ1v) is 7.13. The maximum atomic E-state index is 11.2. The number of ether oxygens (including phenoxy) is 2. The second-order valence-electron chi connectivity index (χ2n) is 5.33. The lowest BCUT2D eigenvalue weighted by Crippen LogP contribution is -2.26. The van der Waals surface area contributed by atoms with E-state index in [1.807, 2.05) is 29.0 Å². The van der Waals surface area contributed by atoms with Crippen LogP contribution in [0, 0.1) is 5.92 Å². The van der Waals surface area contributed by atoms with Gasteiger partial charge in [-0.25, -0.2) is 4.98 Å². The third-order valence-electron chi connectivity index (χ3n) is 4.02. The number of hydrogen-bond donors (Lipinski definition) is 1. The average Bonchev–Trinajstić information content (AvgIpc) is 2.96. The highest BCUT2D eigenvalue weighted by molar-refractivity contribution is 5.71. The van der Waals surface area contributed by atoms with Crippen molar-refractivity contribution in [3.8, 4) is 22.8 Å². The number of carboxylic acids is 1. The second-order valence-corrected chi connectivity index (χ2v) is 5.33. The summed E-state index contributed by atoms with van der Waals surface area (Å²) in [5.41, 5.74) is 1.62. The van der Waals surface area contributed by atoms with Gasteiger partial charge in [0.2, 0.25) is 0 Å². The molecule has 0 bridgehead atoms. The van der Waals surface area contributed by atoms with Crippen LogP contribution in [0.4, 0.5) is 0 Å². The molecule has 1 aliphatic heterocycles. The molecule has 116 valence electrons. The van der Waals surface area contributed by atoms with Gasteiger partial charge < -0.3 is 19.1 Å². The van der Waals surface area contributed by atoms with Crippen molar-refractivity contribution in [1.82, 2.24) is 9.55 Å². The number of aliphatic carboxylic acids is 1. The van der Waals surface area contributed by atoms with Crippen LogP contribution in [0.15, 0.2) is 24.4 Å². The lowest BCUT2D eigenvalue weighted by molar-refractivity contribution is -0.142. The second kappa shape index (κ2) is 5.71. The van der Waals surface area contributed by atoms with Crippen molar-refractivity contribution in [2.45, 2.75) is 19.4 Å². The summed E-state index contributed by atoms with van der Waals surface area (Å²) in [7, 11) is 3.23. The third-order valence-corrected chi connectivity index (χ3v) is 4.02. The summed E-state index contributed by atoms with van der Waals surface area (Å²) in [6, 6.07) is 5.55. The molecule has 0 saturated heterocycles. The zero-order chi connectivity index (χ0) is 15.7. The van der Waals surface area contributed by atoms with E-state index in [-0.39, 0.29) is 5.92 Å². The minimum Gasteiger partial charge on any atom is -0.497 e. The predicted molar refractivity (Wildman–Crippen MR) is 80.2 cm³/mol. The normalized spacial score (nSPS) is 16.9. The number of carboxylic acid groups (broad SMARTS) is 1. The largest absolute Gasteiger partial charge is 0.497 e. The Hall–Kier alpha value is -2.50. The lowest BCUT2D eigenvalue weighted by Gasteiger charge is -2.19. The molecule has 0 aliphatic carbocycles. The van der Waals surface area contributed by atoms with Crippen molar-refractivity contribution in [2.75, 3.05) is 14.2 Å². The van der Waals surface area contributed by atoms with Crippen molar-refractivity contribution in [3.63, 3.8) is 0 Å². The number of hydrogen-bond acceptors (Lipinski definition) is 4. The van der Waals surface area contributed by atoms with E-state index in [0.717, 1.165) is 22.8 Å². The van der Waals surface area contributed by atoms with E-state index >= 15 is 0 Å². The molecule has 1 unspecified atom stereocenters. The molecule has 6 heteroatoms. The van der Waals surface area contributed by atoms with Crippen molar-refractivity contribution < 1.29 is 19.4 Å². The fraction of sp³-hybridized carbons (Fsp3) is 0.375. The average molecular weight is 302 g/mol. The molecule has 0 saturated carbocycles. The smallest absolute Gasteiger partial charge is 0.308 e. The molecule has 1 aromatic carbocycles. The SMILES string of the molecule is COc1ccc(OC)c(-c2cn3c(n2)CCC(C(=O)O)C3)c1. The van der Waals surface area contributed by atoms with Crippen molar-refractivity contribution in [2.24, 2.45) is 5.92 Å². The predicted octanol–water partition coefficient (Wildman–Crippen LogP) is 2.21. The number of aryl methyl sites for hydroxylation is 1. The molecule has 0 radical (unpaired) electrons. The van der Waals surface area contributed by atoms with E-state index in [0.29, 0.717) is 25.1 Å². The fourth-order valence-electron chi connectivity index (χ4n) is 2.79. The highest BCUT2D eigenvalue weighted by atomic mass is 16.5. The highest BCUT2D eigenvalue weighted by Crippen LogP contribution is 2.34. The van der Waals surface area contributed by atoms with E-state index in [9.17, 15) is 4.79 Å². The molecule has 22 heavy (non-hydrogen) atoms. The Morgan fingerprint density at radius 3 is 2.86 bits per heavy atom. The number of fused-ring (bicyclic) bond motifs is 1. The van der Waals surface area contributed by atoms with Gasteiger partial charge in [0.1, 0.15) is 17.3 Å². The van der Waals surface area contributed by atoms with Crippen LogP contribution in [-0.2, 0) is 17.8 Å². The first kappa shape index (κ1) is 14.4. The topological polar surface area (TPSA) is 73.6 Å². The van der Waals surface area contributed by atoms with Crippen LogP contribution in [0.3, 0.4) is 0 Å². The third kappa shape index (κ3) is 2.52. The van der Waals surface area contributed by atoms with Crippen molar-refractivity contribution in [3.05, 3.63) is 30.2 Å². The van der Waals surface area contributed by atoms with Gasteiger partial charge in [-0.3, -0.25) is 4.79 Å². The van der Waals surface area contributed by atoms with Gasteiger partial charge in [0.15, 0.2) is 0 Å². The Labute approximate surface area is 128 Å². The first-order valence-electron chi connectivity index (χ1n) is 7.13. The summed E-state index contributed by atoms with van der Waals surface area (Å²) in [4.78, 5) is 15.8. The Kier molecular flexibility index (Phi) is 3.75. The number of nitrogens with zero attached hydrogens (tertiary/aromatic N) is 2. The van der Waals surface area contributed by atoms with E-state index in [1.54, 1.807) is 14.2 Å². The van der Waals surface area contributed by atoms with Crippen LogP contribution < -0.4 is 9.47 Å². The summed E-state index contributed by atoms with van der Waals surface area (Å²) in [6.07, 6.45) is 3.19. The zero-order valence-corrected chi connectivity index (χ0v) is 12.6. The Bertz CT molecular complexity index is 708. The van der Waals surface area contributed by atoms with Crippen LogP contribution in [0.2, 0.25) is 0 Å². The van der Waals surface area contributed by atoms with Gasteiger partial charge in [-0.05, 0) is 24.6 Å². The quantitative estimate of drug-likeness (QED) is 0.937. The van der Waals surface area contributed by atoms with Crippen LogP contribution in [0.1, 0.15) is 12.2 Å². The standard InChI is InChI=1S/C16H18N2O4/c1-21-11-4-5-14(22-2)12(7-11)13-9-18-8-10(16(19)20)3-6-15(18)17-13/h4-5,7,9-10H,3,6,8H2,1-2H3,(H,19,20). The number of rotatable bonds is 4. The number of carbonyl (C=O) groups is 1. The minimum atomic E-state index is -0.750. The minimum absolute atomic E-state index is 0.346. The molecule has 1 N–H and O–H groups in total. The fourth-order valence-corrected chi connectivity index (χ4v) is 2.79. The number of benzene rings is 1. The van der Waals surface area contributed by atoms with E-state index < -0.39 is 5.97 Å². The molecule has 0 fully saturated rings. The van der Waals surface area contributed by atoms with E-state index in [4.69, 9.17) is 14.6 Å². The van der Waals surface area contributed by atoms with Gasteiger partial charge in [0, 0.05) is 24.7 Å². The molecule has 1 aromatic heterocycles. The summed E-state index contributed by atoms with van der Waals surface area (Å²) in [6.45, 7) is 0.462. The van der Waals surface area contributed by atoms with Crippen molar-refractivity contribution in [1.29, 1.82) is 0 Å². The summed E-state index contributed by atoms with van der Waals surface area (Å²) >= 11 is 0. The van der Waals surface area contributed by atoms with Gasteiger partial charge in [-0.15, -0.1) is 0 Å². The molecule has 2 aromatic rings. The lowest BCUT2D eigenvalue weighted by atomic mass is 10.00. The van der Waals surface area contributed by atoms with Gasteiger partial charge >= 0.3 is 5.97 Å². The molecule has 2 heterocycles. The maximum Gasteiger partial charge on any atom is 0.308 e. The summed E-state index contributed by atoms with van der Waals surface area (Å²) < 4.78 is 12.6. The number of methoxy groups -OCH3 is 2. The molecule has 1 aliphatic rings. The van der Waals surface area contributed by atoms with Crippen LogP contribution in [0.25, 0.3) is 11.3 Å².